The molecule has 0 amide bonds. The molecule has 0 aromatic heterocycles. The summed E-state index contributed by atoms with van der Waals surface area (Å²) in [5.74, 6) is -1.14. The van der Waals surface area contributed by atoms with E-state index in [1.54, 1.807) is 0 Å². The number of morpholine rings is 1. The van der Waals surface area contributed by atoms with E-state index < -0.39 is 22.5 Å². The first kappa shape index (κ1) is 14.4. The Morgan fingerprint density at radius 1 is 1.41 bits per heavy atom. The van der Waals surface area contributed by atoms with Gasteiger partial charge in [0.25, 0.3) is 0 Å². The van der Waals surface area contributed by atoms with E-state index in [9.17, 15) is 13.2 Å². The van der Waals surface area contributed by atoms with E-state index in [0.717, 1.165) is 23.7 Å². The molecule has 1 N–H and O–H groups in total. The Morgan fingerprint density at radius 2 is 2.00 bits per heavy atom. The summed E-state index contributed by atoms with van der Waals surface area (Å²) in [6, 6.07) is 0. The third kappa shape index (κ3) is 5.44. The Morgan fingerprint density at radius 3 is 2.47 bits per heavy atom. The first-order valence-corrected chi connectivity index (χ1v) is 7.21. The zero-order chi connectivity index (χ0) is 12.9. The molecule has 0 aromatic rings. The molecule has 8 heteroatoms. The van der Waals surface area contributed by atoms with Crippen LogP contribution in [-0.4, -0.2) is 80.9 Å². The summed E-state index contributed by atoms with van der Waals surface area (Å²) in [7, 11) is -3.47. The molecule has 1 aliphatic rings. The van der Waals surface area contributed by atoms with Crippen LogP contribution in [0, 0.1) is 0 Å². The van der Waals surface area contributed by atoms with Crippen LogP contribution in [0.4, 0.5) is 0 Å². The molecule has 0 bridgehead atoms. The maximum absolute atomic E-state index is 11.4. The number of nitrogens with zero attached hydrogens (tertiary/aromatic N) is 2. The average molecular weight is 266 g/mol. The third-order valence-electron chi connectivity index (χ3n) is 2.55. The smallest absolute Gasteiger partial charge is 0.318 e. The van der Waals surface area contributed by atoms with Crippen LogP contribution >= 0.6 is 0 Å². The van der Waals surface area contributed by atoms with Gasteiger partial charge in [0.05, 0.1) is 19.5 Å². The van der Waals surface area contributed by atoms with Crippen molar-refractivity contribution in [2.75, 3.05) is 52.2 Å². The van der Waals surface area contributed by atoms with Crippen molar-refractivity contribution in [3.8, 4) is 0 Å². The Balaban J connectivity index is 2.45. The van der Waals surface area contributed by atoms with Gasteiger partial charge >= 0.3 is 5.97 Å². The predicted octanol–water partition coefficient (Wildman–Crippen LogP) is -1.34. The number of carboxylic acid groups (broad SMARTS) is 1. The van der Waals surface area contributed by atoms with Gasteiger partial charge in [-0.1, -0.05) is 0 Å². The van der Waals surface area contributed by atoms with E-state index in [0.29, 0.717) is 19.8 Å². The molecule has 0 aliphatic carbocycles. The molecule has 0 atom stereocenters. The van der Waals surface area contributed by atoms with Gasteiger partial charge in [-0.25, -0.2) is 8.42 Å². The van der Waals surface area contributed by atoms with E-state index in [2.05, 4.69) is 4.90 Å². The highest BCUT2D eigenvalue weighted by Crippen LogP contribution is 2.01. The minimum Gasteiger partial charge on any atom is -0.480 e. The van der Waals surface area contributed by atoms with Crippen LogP contribution in [0.15, 0.2) is 0 Å². The van der Waals surface area contributed by atoms with Crippen LogP contribution in [0.5, 0.6) is 0 Å². The molecule has 7 nitrogen and oxygen atoms in total. The van der Waals surface area contributed by atoms with Crippen LogP contribution in [0.1, 0.15) is 0 Å². The lowest BCUT2D eigenvalue weighted by molar-refractivity contribution is -0.137. The van der Waals surface area contributed by atoms with E-state index >= 15 is 0 Å². The van der Waals surface area contributed by atoms with Gasteiger partial charge < -0.3 is 9.84 Å². The van der Waals surface area contributed by atoms with E-state index in [1.165, 1.54) is 0 Å². The Hall–Kier alpha value is -0.700. The molecule has 0 radical (unpaired) electrons. The summed E-state index contributed by atoms with van der Waals surface area (Å²) in [6.07, 6.45) is 1.02. The Labute approximate surface area is 101 Å². The van der Waals surface area contributed by atoms with Crippen molar-refractivity contribution in [3.05, 3.63) is 0 Å². The van der Waals surface area contributed by atoms with Crippen LogP contribution in [0.3, 0.4) is 0 Å². The molecule has 0 aromatic carbocycles. The fraction of sp³-hybridized carbons (Fsp3) is 0.889. The van der Waals surface area contributed by atoms with E-state index in [-0.39, 0.29) is 6.54 Å². The molecular weight excluding hydrogens is 248 g/mol. The largest absolute Gasteiger partial charge is 0.480 e. The van der Waals surface area contributed by atoms with Gasteiger partial charge in [-0.05, 0) is 0 Å². The van der Waals surface area contributed by atoms with Crippen molar-refractivity contribution in [3.63, 3.8) is 0 Å². The second-order valence-corrected chi connectivity index (χ2v) is 5.93. The van der Waals surface area contributed by atoms with Gasteiger partial charge in [0.1, 0.15) is 6.54 Å². The van der Waals surface area contributed by atoms with Gasteiger partial charge in [0, 0.05) is 26.2 Å². The predicted molar refractivity (Wildman–Crippen MR) is 61.3 cm³/mol. The summed E-state index contributed by atoms with van der Waals surface area (Å²) in [5.41, 5.74) is 0. The topological polar surface area (TPSA) is 87.2 Å². The first-order chi connectivity index (χ1) is 7.89. The Kier molecular flexibility index (Phi) is 5.31. The number of carbonyl (C=O) groups is 1. The van der Waals surface area contributed by atoms with Crippen molar-refractivity contribution in [2.24, 2.45) is 0 Å². The second-order valence-electron chi connectivity index (χ2n) is 3.94. The lowest BCUT2D eigenvalue weighted by Gasteiger charge is -2.28. The zero-order valence-electron chi connectivity index (χ0n) is 9.83. The summed E-state index contributed by atoms with van der Waals surface area (Å²) in [5, 5.41) is 8.64. The second kappa shape index (κ2) is 6.29. The molecule has 1 saturated heterocycles. The summed E-state index contributed by atoms with van der Waals surface area (Å²) >= 11 is 0. The molecule has 17 heavy (non-hydrogen) atoms. The normalized spacial score (nSPS) is 18.5. The number of rotatable bonds is 6. The number of ether oxygens (including phenoxy) is 1. The average Bonchev–Trinajstić information content (AvgIpc) is 2.23. The third-order valence-corrected chi connectivity index (χ3v) is 3.80. The van der Waals surface area contributed by atoms with Crippen molar-refractivity contribution in [1.82, 2.24) is 9.21 Å². The summed E-state index contributed by atoms with van der Waals surface area (Å²) in [6.45, 7) is 3.03. The van der Waals surface area contributed by atoms with Crippen LogP contribution in [0.25, 0.3) is 0 Å². The summed E-state index contributed by atoms with van der Waals surface area (Å²) in [4.78, 5) is 12.6. The van der Waals surface area contributed by atoms with Gasteiger partial charge in [0.15, 0.2) is 0 Å². The molecule has 1 fully saturated rings. The molecule has 1 heterocycles. The first-order valence-electron chi connectivity index (χ1n) is 5.36. The minimum absolute atomic E-state index is 0.200. The molecular formula is C9H18N2O5S. The van der Waals surface area contributed by atoms with Crippen molar-refractivity contribution in [1.29, 1.82) is 0 Å². The van der Waals surface area contributed by atoms with Gasteiger partial charge in [0.2, 0.25) is 10.0 Å². The molecule has 1 rings (SSSR count). The van der Waals surface area contributed by atoms with Crippen LogP contribution < -0.4 is 0 Å². The highest BCUT2D eigenvalue weighted by Gasteiger charge is 2.21. The zero-order valence-corrected chi connectivity index (χ0v) is 10.6. The molecule has 0 unspecified atom stereocenters. The number of carboxylic acids is 1. The lowest BCUT2D eigenvalue weighted by Crippen LogP contribution is -2.44. The quantitative estimate of drug-likeness (QED) is 0.640. The monoisotopic (exact) mass is 266 g/mol. The van der Waals surface area contributed by atoms with E-state index in [1.807, 2.05) is 0 Å². The van der Waals surface area contributed by atoms with E-state index in [4.69, 9.17) is 9.84 Å². The van der Waals surface area contributed by atoms with Gasteiger partial charge in [-0.3, -0.25) is 9.69 Å². The van der Waals surface area contributed by atoms with Crippen molar-refractivity contribution in [2.45, 2.75) is 0 Å². The fourth-order valence-electron chi connectivity index (χ4n) is 1.59. The standard InChI is InChI=1S/C9H18N2O5S/c1-17(14,15)11(8-9(12)13)3-2-10-4-6-16-7-5-10/h2-8H2,1H3,(H,12,13). The minimum atomic E-state index is -3.47. The SMILES string of the molecule is CS(=O)(=O)N(CCN1CCOCC1)CC(=O)O. The molecule has 0 saturated carbocycles. The van der Waals surface area contributed by atoms with Gasteiger partial charge in [-0.15, -0.1) is 0 Å². The number of aliphatic carboxylic acids is 1. The van der Waals surface area contributed by atoms with Crippen LogP contribution in [0.2, 0.25) is 0 Å². The maximum Gasteiger partial charge on any atom is 0.318 e. The maximum atomic E-state index is 11.4. The van der Waals surface area contributed by atoms with Gasteiger partial charge in [-0.2, -0.15) is 4.31 Å². The Bertz CT molecular complexity index is 350. The number of hydrogen-bond acceptors (Lipinski definition) is 5. The number of sulfonamides is 1. The van der Waals surface area contributed by atoms with Crippen LogP contribution in [-0.2, 0) is 19.6 Å². The lowest BCUT2D eigenvalue weighted by atomic mass is 10.4. The number of hydrogen-bond donors (Lipinski definition) is 1. The highest BCUT2D eigenvalue weighted by atomic mass is 32.2. The van der Waals surface area contributed by atoms with Crippen molar-refractivity contribution >= 4 is 16.0 Å². The fourth-order valence-corrected chi connectivity index (χ4v) is 2.35. The summed E-state index contributed by atoms with van der Waals surface area (Å²) < 4.78 is 28.9. The van der Waals surface area contributed by atoms with Crippen molar-refractivity contribution < 1.29 is 23.1 Å². The molecule has 0 spiro atoms. The molecule has 100 valence electrons. The molecule has 1 aliphatic heterocycles. The highest BCUT2D eigenvalue weighted by molar-refractivity contribution is 7.88.